The van der Waals surface area contributed by atoms with Gasteiger partial charge in [0.05, 0.1) is 13.7 Å². The number of hydrogen-bond acceptors (Lipinski definition) is 7. The van der Waals surface area contributed by atoms with E-state index in [0.717, 1.165) is 4.90 Å². The molecule has 1 aromatic heterocycles. The Morgan fingerprint density at radius 1 is 1.29 bits per heavy atom. The number of nitrogens with zero attached hydrogens (tertiary/aromatic N) is 2. The molecule has 142 valence electrons. The van der Waals surface area contributed by atoms with Crippen LogP contribution in [-0.2, 0) is 16.1 Å². The highest BCUT2D eigenvalue weighted by Gasteiger charge is 2.34. The molecule has 1 aromatic carbocycles. The Balaban J connectivity index is 1.79. The summed E-state index contributed by atoms with van der Waals surface area (Å²) in [6.07, 6.45) is 1.47. The fourth-order valence-electron chi connectivity index (χ4n) is 2.54. The number of amides is 3. The molecular formula is C19H15N3O6. The summed E-state index contributed by atoms with van der Waals surface area (Å²) in [5.74, 6) is -0.577. The highest BCUT2D eigenvalue weighted by Crippen LogP contribution is 2.23. The number of carbonyl (C=O) groups excluding carboxylic acids is 3. The number of rotatable bonds is 6. The van der Waals surface area contributed by atoms with Gasteiger partial charge in [-0.3, -0.25) is 9.69 Å². The van der Waals surface area contributed by atoms with Crippen molar-refractivity contribution < 1.29 is 28.3 Å². The Hall–Kier alpha value is -4.06. The second-order valence-electron chi connectivity index (χ2n) is 5.62. The quantitative estimate of drug-likeness (QED) is 0.462. The molecule has 28 heavy (non-hydrogen) atoms. The largest absolute Gasteiger partial charge is 0.478 e. The third-order valence-electron chi connectivity index (χ3n) is 3.84. The van der Waals surface area contributed by atoms with E-state index < -0.39 is 17.9 Å². The maximum absolute atomic E-state index is 12.6. The van der Waals surface area contributed by atoms with Gasteiger partial charge in [0.15, 0.2) is 6.61 Å². The molecule has 0 unspecified atom stereocenters. The maximum atomic E-state index is 12.6. The third kappa shape index (κ3) is 3.86. The van der Waals surface area contributed by atoms with Gasteiger partial charge in [-0.05, 0) is 24.3 Å². The van der Waals surface area contributed by atoms with Crippen molar-refractivity contribution >= 4 is 24.0 Å². The minimum absolute atomic E-state index is 0.0242. The zero-order valence-electron chi connectivity index (χ0n) is 14.8. The van der Waals surface area contributed by atoms with E-state index in [1.54, 1.807) is 24.3 Å². The first-order chi connectivity index (χ1) is 13.5. The first-order valence-electron chi connectivity index (χ1n) is 8.14. The van der Waals surface area contributed by atoms with E-state index in [1.807, 2.05) is 6.07 Å². The van der Waals surface area contributed by atoms with Crippen molar-refractivity contribution in [2.45, 2.75) is 6.54 Å². The number of ether oxygens (including phenoxy) is 2. The van der Waals surface area contributed by atoms with Gasteiger partial charge in [-0.2, -0.15) is 5.26 Å². The summed E-state index contributed by atoms with van der Waals surface area (Å²) in [6, 6.07) is 10.9. The standard InChI is InChI=1S/C19H15N3O6/c1-26-18(24)16-7-6-13(28-16)11-22-17(23)14(21-19(22)25)10-12-4-2-3-5-15(12)27-9-8-20/h2-7,10H,9,11H2,1H3,(H,21,25). The van der Waals surface area contributed by atoms with Gasteiger partial charge in [0, 0.05) is 5.56 Å². The van der Waals surface area contributed by atoms with E-state index in [2.05, 4.69) is 10.1 Å². The molecule has 1 fully saturated rings. The van der Waals surface area contributed by atoms with Crippen LogP contribution in [0.1, 0.15) is 21.9 Å². The predicted molar refractivity (Wildman–Crippen MR) is 94.7 cm³/mol. The molecule has 0 radical (unpaired) electrons. The molecule has 9 heteroatoms. The Kier molecular flexibility index (Phi) is 5.41. The van der Waals surface area contributed by atoms with Crippen LogP contribution in [0.25, 0.3) is 6.08 Å². The molecule has 0 saturated carbocycles. The lowest BCUT2D eigenvalue weighted by molar-refractivity contribution is -0.123. The number of carbonyl (C=O) groups is 3. The molecule has 2 aromatic rings. The fraction of sp³-hybridized carbons (Fsp3) is 0.158. The zero-order valence-corrected chi connectivity index (χ0v) is 14.8. The van der Waals surface area contributed by atoms with Gasteiger partial charge in [-0.15, -0.1) is 0 Å². The van der Waals surface area contributed by atoms with Gasteiger partial charge in [-0.25, -0.2) is 9.59 Å². The molecule has 0 spiro atoms. The Bertz CT molecular complexity index is 1000. The number of nitriles is 1. The Labute approximate surface area is 159 Å². The molecule has 3 amide bonds. The van der Waals surface area contributed by atoms with Gasteiger partial charge in [-0.1, -0.05) is 18.2 Å². The Morgan fingerprint density at radius 2 is 2.07 bits per heavy atom. The van der Waals surface area contributed by atoms with E-state index in [-0.39, 0.29) is 30.4 Å². The maximum Gasteiger partial charge on any atom is 0.373 e. The second kappa shape index (κ2) is 8.09. The molecule has 0 bridgehead atoms. The van der Waals surface area contributed by atoms with Crippen molar-refractivity contribution in [1.82, 2.24) is 10.2 Å². The molecule has 1 aliphatic heterocycles. The van der Waals surface area contributed by atoms with Crippen molar-refractivity contribution in [3.63, 3.8) is 0 Å². The molecular weight excluding hydrogens is 366 g/mol. The monoisotopic (exact) mass is 381 g/mol. The lowest BCUT2D eigenvalue weighted by Crippen LogP contribution is -2.30. The average molecular weight is 381 g/mol. The summed E-state index contributed by atoms with van der Waals surface area (Å²) in [5, 5.41) is 11.2. The summed E-state index contributed by atoms with van der Waals surface area (Å²) in [4.78, 5) is 37.2. The fourth-order valence-corrected chi connectivity index (χ4v) is 2.54. The van der Waals surface area contributed by atoms with E-state index in [4.69, 9.17) is 14.4 Å². The van der Waals surface area contributed by atoms with Crippen molar-refractivity contribution in [2.24, 2.45) is 0 Å². The summed E-state index contributed by atoms with van der Waals surface area (Å²) in [5.41, 5.74) is 0.590. The minimum atomic E-state index is -0.655. The summed E-state index contributed by atoms with van der Waals surface area (Å²) < 4.78 is 15.2. The van der Waals surface area contributed by atoms with Gasteiger partial charge in [0.1, 0.15) is 23.3 Å². The molecule has 2 heterocycles. The summed E-state index contributed by atoms with van der Waals surface area (Å²) in [7, 11) is 1.22. The number of hydrogen-bond donors (Lipinski definition) is 1. The van der Waals surface area contributed by atoms with Gasteiger partial charge < -0.3 is 19.2 Å². The minimum Gasteiger partial charge on any atom is -0.478 e. The number of nitrogens with one attached hydrogen (secondary N) is 1. The molecule has 1 aliphatic rings. The topological polar surface area (TPSA) is 122 Å². The van der Waals surface area contributed by atoms with E-state index in [1.165, 1.54) is 25.3 Å². The van der Waals surface area contributed by atoms with Crippen molar-refractivity contribution in [3.05, 3.63) is 59.2 Å². The van der Waals surface area contributed by atoms with Crippen LogP contribution in [0, 0.1) is 11.3 Å². The Morgan fingerprint density at radius 3 is 2.82 bits per heavy atom. The average Bonchev–Trinajstić information content (AvgIpc) is 3.27. The summed E-state index contributed by atoms with van der Waals surface area (Å²) in [6.45, 7) is -0.292. The highest BCUT2D eigenvalue weighted by molar-refractivity contribution is 6.14. The molecule has 0 aliphatic carbocycles. The number of urea groups is 1. The molecule has 0 atom stereocenters. The lowest BCUT2D eigenvalue weighted by atomic mass is 10.1. The van der Waals surface area contributed by atoms with Crippen LogP contribution in [0.5, 0.6) is 5.75 Å². The number of para-hydroxylation sites is 1. The molecule has 9 nitrogen and oxygen atoms in total. The van der Waals surface area contributed by atoms with Gasteiger partial charge in [0.25, 0.3) is 5.91 Å². The van der Waals surface area contributed by atoms with Crippen LogP contribution in [0.4, 0.5) is 4.79 Å². The summed E-state index contributed by atoms with van der Waals surface area (Å²) >= 11 is 0. The van der Waals surface area contributed by atoms with Gasteiger partial charge >= 0.3 is 12.0 Å². The highest BCUT2D eigenvalue weighted by atomic mass is 16.5. The molecule has 3 rings (SSSR count). The van der Waals surface area contributed by atoms with Crippen LogP contribution >= 0.6 is 0 Å². The van der Waals surface area contributed by atoms with E-state index >= 15 is 0 Å². The van der Waals surface area contributed by atoms with Gasteiger partial charge in [0.2, 0.25) is 5.76 Å². The van der Waals surface area contributed by atoms with Crippen molar-refractivity contribution in [3.8, 4) is 11.8 Å². The number of methoxy groups -OCH3 is 1. The van der Waals surface area contributed by atoms with Crippen LogP contribution < -0.4 is 10.1 Å². The predicted octanol–water partition coefficient (Wildman–Crippen LogP) is 2.06. The number of esters is 1. The van der Waals surface area contributed by atoms with E-state index in [9.17, 15) is 14.4 Å². The van der Waals surface area contributed by atoms with Crippen LogP contribution in [0.3, 0.4) is 0 Å². The van der Waals surface area contributed by atoms with Crippen LogP contribution in [0.15, 0.2) is 46.5 Å². The first kappa shape index (κ1) is 18.7. The second-order valence-corrected chi connectivity index (χ2v) is 5.62. The lowest BCUT2D eigenvalue weighted by Gasteiger charge is -2.09. The van der Waals surface area contributed by atoms with Crippen LogP contribution in [-0.4, -0.2) is 36.5 Å². The van der Waals surface area contributed by atoms with E-state index in [0.29, 0.717) is 11.3 Å². The SMILES string of the molecule is COC(=O)c1ccc(CN2C(=O)NC(=Cc3ccccc3OCC#N)C2=O)o1. The normalized spacial score (nSPS) is 14.7. The first-order valence-corrected chi connectivity index (χ1v) is 8.14. The molecule has 1 N–H and O–H groups in total. The molecule has 1 saturated heterocycles. The van der Waals surface area contributed by atoms with Crippen LogP contribution in [0.2, 0.25) is 0 Å². The van der Waals surface area contributed by atoms with Crippen molar-refractivity contribution in [2.75, 3.05) is 13.7 Å². The number of imide groups is 1. The number of furan rings is 1. The zero-order chi connectivity index (χ0) is 20.1. The number of benzene rings is 1. The third-order valence-corrected chi connectivity index (χ3v) is 3.84. The smallest absolute Gasteiger partial charge is 0.373 e. The van der Waals surface area contributed by atoms with Crippen molar-refractivity contribution in [1.29, 1.82) is 5.26 Å².